The van der Waals surface area contributed by atoms with E-state index in [1.54, 1.807) is 6.33 Å². The number of nitrogens with one attached hydrogen (secondary N) is 2. The third-order valence-electron chi connectivity index (χ3n) is 7.16. The number of aromatic amines is 1. The highest BCUT2D eigenvalue weighted by atomic mass is 15.2. The summed E-state index contributed by atoms with van der Waals surface area (Å²) < 4.78 is 0. The third-order valence-corrected chi connectivity index (χ3v) is 7.16. The second kappa shape index (κ2) is 9.71. The maximum atomic E-state index is 6.05. The van der Waals surface area contributed by atoms with Crippen LogP contribution in [0.5, 0.6) is 0 Å². The van der Waals surface area contributed by atoms with Gasteiger partial charge in [-0.1, -0.05) is 0 Å². The molecule has 2 saturated heterocycles. The molecule has 2 fully saturated rings. The van der Waals surface area contributed by atoms with Gasteiger partial charge in [0.15, 0.2) is 5.65 Å². The summed E-state index contributed by atoms with van der Waals surface area (Å²) in [4.78, 5) is 28.8. The number of anilines is 4. The van der Waals surface area contributed by atoms with Crippen molar-refractivity contribution in [1.29, 1.82) is 0 Å². The number of pyridine rings is 1. The molecule has 36 heavy (non-hydrogen) atoms. The summed E-state index contributed by atoms with van der Waals surface area (Å²) >= 11 is 0. The fraction of sp³-hybridized carbons (Fsp3) is 0.385. The Labute approximate surface area is 210 Å². The van der Waals surface area contributed by atoms with Crippen LogP contribution in [0.1, 0.15) is 12.8 Å². The number of imidazole rings is 1. The van der Waals surface area contributed by atoms with Gasteiger partial charge in [0, 0.05) is 68.4 Å². The Kier molecular flexibility index (Phi) is 6.12. The standard InChI is InChI=1S/C26H32N10/c1-34-12-14-35(15-13-34)21-5-3-20(4-6-21)31-26-32-23(24-25(33-26)30-17-29-24)18-2-7-22(28-16-18)36-10-8-19(27)9-11-36/h2-7,16-17,19H,8-15,27H2,1H3,(H2,29,30,31,32,33). The van der Waals surface area contributed by atoms with Gasteiger partial charge in [0.2, 0.25) is 5.95 Å². The Hall–Kier alpha value is -3.76. The molecule has 0 unspecified atom stereocenters. The van der Waals surface area contributed by atoms with Crippen LogP contribution in [0.4, 0.5) is 23.1 Å². The van der Waals surface area contributed by atoms with Crippen molar-refractivity contribution in [1.82, 2.24) is 29.8 Å². The smallest absolute Gasteiger partial charge is 0.229 e. The van der Waals surface area contributed by atoms with E-state index in [1.807, 2.05) is 6.20 Å². The molecular weight excluding hydrogens is 452 g/mol. The minimum Gasteiger partial charge on any atom is -0.369 e. The van der Waals surface area contributed by atoms with E-state index in [2.05, 4.69) is 78.4 Å². The lowest BCUT2D eigenvalue weighted by Crippen LogP contribution is -2.44. The van der Waals surface area contributed by atoms with Gasteiger partial charge in [-0.05, 0) is 56.3 Å². The molecule has 0 bridgehead atoms. The zero-order valence-electron chi connectivity index (χ0n) is 20.6. The molecule has 2 aliphatic rings. The third kappa shape index (κ3) is 4.69. The van der Waals surface area contributed by atoms with Gasteiger partial charge in [0.25, 0.3) is 0 Å². The minimum absolute atomic E-state index is 0.295. The zero-order chi connectivity index (χ0) is 24.5. The normalized spacial score (nSPS) is 17.6. The van der Waals surface area contributed by atoms with Gasteiger partial charge < -0.3 is 30.7 Å². The van der Waals surface area contributed by atoms with E-state index < -0.39 is 0 Å². The zero-order valence-corrected chi connectivity index (χ0v) is 20.6. The van der Waals surface area contributed by atoms with Crippen molar-refractivity contribution in [3.05, 3.63) is 48.9 Å². The van der Waals surface area contributed by atoms with Crippen molar-refractivity contribution < 1.29 is 0 Å². The maximum Gasteiger partial charge on any atom is 0.229 e. The summed E-state index contributed by atoms with van der Waals surface area (Å²) in [5, 5.41) is 3.36. The van der Waals surface area contributed by atoms with E-state index in [4.69, 9.17) is 15.7 Å². The fourth-order valence-corrected chi connectivity index (χ4v) is 4.89. The molecule has 6 rings (SSSR count). The molecule has 3 aromatic heterocycles. The minimum atomic E-state index is 0.295. The maximum absolute atomic E-state index is 6.05. The van der Waals surface area contributed by atoms with Crippen molar-refractivity contribution in [2.75, 3.05) is 61.4 Å². The van der Waals surface area contributed by atoms with Crippen molar-refractivity contribution in [2.45, 2.75) is 18.9 Å². The molecule has 2 aliphatic heterocycles. The molecule has 4 N–H and O–H groups in total. The summed E-state index contributed by atoms with van der Waals surface area (Å²) in [5.41, 5.74) is 11.3. The highest BCUT2D eigenvalue weighted by molar-refractivity contribution is 5.88. The van der Waals surface area contributed by atoms with E-state index in [-0.39, 0.29) is 0 Å². The number of fused-ring (bicyclic) bond motifs is 1. The number of hydrogen-bond acceptors (Lipinski definition) is 9. The number of benzene rings is 1. The Morgan fingerprint density at radius 3 is 2.39 bits per heavy atom. The quantitative estimate of drug-likeness (QED) is 0.393. The number of hydrogen-bond donors (Lipinski definition) is 3. The summed E-state index contributed by atoms with van der Waals surface area (Å²) in [5.74, 6) is 1.48. The topological polar surface area (TPSA) is 115 Å². The predicted octanol–water partition coefficient (Wildman–Crippen LogP) is 2.84. The summed E-state index contributed by atoms with van der Waals surface area (Å²) in [6.07, 6.45) is 5.52. The molecule has 5 heterocycles. The van der Waals surface area contributed by atoms with Crippen LogP contribution < -0.4 is 20.9 Å². The summed E-state index contributed by atoms with van der Waals surface area (Å²) in [6, 6.07) is 12.9. The second-order valence-electron chi connectivity index (χ2n) is 9.69. The predicted molar refractivity (Wildman–Crippen MR) is 144 cm³/mol. The SMILES string of the molecule is CN1CCN(c2ccc(Nc3nc(-c4ccc(N5CCC(N)CC5)nc4)c4[nH]cnc4n3)cc2)CC1. The monoisotopic (exact) mass is 484 g/mol. The van der Waals surface area contributed by atoms with E-state index >= 15 is 0 Å². The summed E-state index contributed by atoms with van der Waals surface area (Å²) in [7, 11) is 2.17. The first kappa shape index (κ1) is 22.7. The molecule has 0 radical (unpaired) electrons. The van der Waals surface area contributed by atoms with Gasteiger partial charge in [-0.25, -0.2) is 15.0 Å². The van der Waals surface area contributed by atoms with Gasteiger partial charge in [-0.2, -0.15) is 4.98 Å². The molecule has 0 saturated carbocycles. The van der Waals surface area contributed by atoms with Crippen molar-refractivity contribution in [2.24, 2.45) is 5.73 Å². The van der Waals surface area contributed by atoms with Gasteiger partial charge in [-0.3, -0.25) is 0 Å². The average molecular weight is 485 g/mol. The molecule has 4 aromatic rings. The summed E-state index contributed by atoms with van der Waals surface area (Å²) in [6.45, 7) is 6.14. The van der Waals surface area contributed by atoms with Crippen LogP contribution in [0.25, 0.3) is 22.4 Å². The van der Waals surface area contributed by atoms with Crippen LogP contribution in [0.2, 0.25) is 0 Å². The largest absolute Gasteiger partial charge is 0.369 e. The van der Waals surface area contributed by atoms with Crippen LogP contribution in [-0.4, -0.2) is 82.2 Å². The number of piperidine rings is 1. The lowest BCUT2D eigenvalue weighted by molar-refractivity contribution is 0.313. The molecule has 1 aromatic carbocycles. The van der Waals surface area contributed by atoms with Crippen molar-refractivity contribution >= 4 is 34.3 Å². The Bertz CT molecular complexity index is 1300. The molecule has 0 amide bonds. The molecule has 186 valence electrons. The Morgan fingerprint density at radius 1 is 0.889 bits per heavy atom. The van der Waals surface area contributed by atoms with Gasteiger partial charge in [0.05, 0.1) is 6.33 Å². The van der Waals surface area contributed by atoms with Gasteiger partial charge in [0.1, 0.15) is 17.0 Å². The van der Waals surface area contributed by atoms with E-state index in [0.29, 0.717) is 17.6 Å². The molecule has 10 heteroatoms. The number of H-pyrrole nitrogens is 1. The molecule has 0 aliphatic carbocycles. The van der Waals surface area contributed by atoms with Crippen molar-refractivity contribution in [3.63, 3.8) is 0 Å². The van der Waals surface area contributed by atoms with Gasteiger partial charge >= 0.3 is 0 Å². The lowest BCUT2D eigenvalue weighted by Gasteiger charge is -2.34. The highest BCUT2D eigenvalue weighted by Gasteiger charge is 2.19. The molecular formula is C26H32N10. The van der Waals surface area contributed by atoms with E-state index in [1.165, 1.54) is 5.69 Å². The number of nitrogens with two attached hydrogens (primary N) is 1. The average Bonchev–Trinajstić information content (AvgIpc) is 3.39. The second-order valence-corrected chi connectivity index (χ2v) is 9.69. The fourth-order valence-electron chi connectivity index (χ4n) is 4.89. The van der Waals surface area contributed by atoms with Gasteiger partial charge in [-0.15, -0.1) is 0 Å². The Balaban J connectivity index is 1.22. The number of likely N-dealkylation sites (N-methyl/N-ethyl adjacent to an activating group) is 1. The van der Waals surface area contributed by atoms with Crippen LogP contribution in [0.15, 0.2) is 48.9 Å². The van der Waals surface area contributed by atoms with E-state index in [9.17, 15) is 0 Å². The number of aromatic nitrogens is 5. The first-order valence-electron chi connectivity index (χ1n) is 12.6. The van der Waals surface area contributed by atoms with Crippen LogP contribution in [0, 0.1) is 0 Å². The lowest BCUT2D eigenvalue weighted by atomic mass is 10.1. The Morgan fingerprint density at radius 2 is 1.67 bits per heavy atom. The van der Waals surface area contributed by atoms with E-state index in [0.717, 1.165) is 80.4 Å². The first-order valence-corrected chi connectivity index (χ1v) is 12.6. The number of nitrogens with zero attached hydrogens (tertiary/aromatic N) is 7. The van der Waals surface area contributed by atoms with Crippen molar-refractivity contribution in [3.8, 4) is 11.3 Å². The number of piperazine rings is 1. The molecule has 0 spiro atoms. The molecule has 0 atom stereocenters. The van der Waals surface area contributed by atoms with Crippen LogP contribution in [-0.2, 0) is 0 Å². The van der Waals surface area contributed by atoms with Crippen LogP contribution in [0.3, 0.4) is 0 Å². The van der Waals surface area contributed by atoms with Crippen LogP contribution >= 0.6 is 0 Å². The number of rotatable bonds is 5. The first-order chi connectivity index (χ1) is 17.6. The molecule has 10 nitrogen and oxygen atoms in total. The highest BCUT2D eigenvalue weighted by Crippen LogP contribution is 2.28.